The van der Waals surface area contributed by atoms with Gasteiger partial charge in [0.15, 0.2) is 0 Å². The van der Waals surface area contributed by atoms with Gasteiger partial charge in [0.05, 0.1) is 5.92 Å². The van der Waals surface area contributed by atoms with Gasteiger partial charge >= 0.3 is 0 Å². The molecule has 0 radical (unpaired) electrons. The molecule has 0 saturated heterocycles. The SMILES string of the molecule is C#CC(C(=N)C=CPC/C=C(/CC)C(C)CCN)C(CC)CCC. The molecule has 2 nitrogen and oxygen atoms in total. The van der Waals surface area contributed by atoms with Crippen molar-refractivity contribution in [1.82, 2.24) is 0 Å². The maximum atomic E-state index is 8.28. The Kier molecular flexibility index (Phi) is 13.9. The van der Waals surface area contributed by atoms with Gasteiger partial charge in [-0.3, -0.25) is 0 Å². The lowest BCUT2D eigenvalue weighted by Crippen LogP contribution is -2.20. The molecule has 0 fully saturated rings. The number of hydrogen-bond donors (Lipinski definition) is 2. The fraction of sp³-hybridized carbons (Fsp3) is 0.667. The first-order chi connectivity index (χ1) is 11.5. The Labute approximate surface area is 152 Å². The lowest BCUT2D eigenvalue weighted by molar-refractivity contribution is 0.428. The Bertz CT molecular complexity index is 445. The molecule has 0 rings (SSSR count). The van der Waals surface area contributed by atoms with Gasteiger partial charge in [-0.25, -0.2) is 0 Å². The summed E-state index contributed by atoms with van der Waals surface area (Å²) >= 11 is 0. The summed E-state index contributed by atoms with van der Waals surface area (Å²) in [6, 6.07) is 0. The molecule has 24 heavy (non-hydrogen) atoms. The molecule has 0 aromatic carbocycles. The van der Waals surface area contributed by atoms with E-state index in [-0.39, 0.29) is 5.92 Å². The summed E-state index contributed by atoms with van der Waals surface area (Å²) in [6.07, 6.45) is 16.5. The number of hydrogen-bond acceptors (Lipinski definition) is 2. The van der Waals surface area contributed by atoms with Crippen LogP contribution in [0.25, 0.3) is 0 Å². The molecule has 0 spiro atoms. The molecule has 3 N–H and O–H groups in total. The summed E-state index contributed by atoms with van der Waals surface area (Å²) in [7, 11) is 0.707. The highest BCUT2D eigenvalue weighted by atomic mass is 31.1. The van der Waals surface area contributed by atoms with Crippen molar-refractivity contribution in [2.45, 2.75) is 59.8 Å². The number of rotatable bonds is 13. The van der Waals surface area contributed by atoms with E-state index in [9.17, 15) is 0 Å². The Morgan fingerprint density at radius 3 is 2.50 bits per heavy atom. The van der Waals surface area contributed by atoms with Crippen molar-refractivity contribution in [2.24, 2.45) is 23.5 Å². The molecule has 0 aliphatic heterocycles. The molecule has 0 bridgehead atoms. The van der Waals surface area contributed by atoms with Crippen molar-refractivity contribution in [2.75, 3.05) is 12.7 Å². The zero-order valence-corrected chi connectivity index (χ0v) is 17.1. The highest BCUT2D eigenvalue weighted by Gasteiger charge is 2.19. The molecular weight excluding hydrogens is 311 g/mol. The molecule has 0 heterocycles. The van der Waals surface area contributed by atoms with E-state index in [1.807, 2.05) is 6.08 Å². The molecule has 136 valence electrons. The maximum absolute atomic E-state index is 8.28. The van der Waals surface area contributed by atoms with Crippen molar-refractivity contribution in [3.63, 3.8) is 0 Å². The van der Waals surface area contributed by atoms with E-state index in [2.05, 4.69) is 45.5 Å². The number of nitrogens with two attached hydrogens (primary N) is 1. The summed E-state index contributed by atoms with van der Waals surface area (Å²) in [5.74, 6) is 5.94. The van der Waals surface area contributed by atoms with Gasteiger partial charge < -0.3 is 11.1 Å². The van der Waals surface area contributed by atoms with Gasteiger partial charge in [0.1, 0.15) is 0 Å². The van der Waals surface area contributed by atoms with E-state index in [4.69, 9.17) is 17.6 Å². The number of terminal acetylenes is 1. The first-order valence-electron chi connectivity index (χ1n) is 9.38. The van der Waals surface area contributed by atoms with Gasteiger partial charge in [-0.2, -0.15) is 0 Å². The molecule has 4 atom stereocenters. The third-order valence-electron chi connectivity index (χ3n) is 4.67. The lowest BCUT2D eigenvalue weighted by atomic mass is 9.84. The van der Waals surface area contributed by atoms with Crippen LogP contribution >= 0.6 is 8.58 Å². The lowest BCUT2D eigenvalue weighted by Gasteiger charge is -2.20. The predicted molar refractivity (Wildman–Crippen MR) is 112 cm³/mol. The molecule has 0 amide bonds. The summed E-state index contributed by atoms with van der Waals surface area (Å²) in [6.45, 7) is 9.57. The maximum Gasteiger partial charge on any atom is 0.0643 e. The van der Waals surface area contributed by atoms with Gasteiger partial charge in [-0.15, -0.1) is 6.42 Å². The van der Waals surface area contributed by atoms with Gasteiger partial charge in [-0.05, 0) is 49.9 Å². The van der Waals surface area contributed by atoms with Crippen molar-refractivity contribution < 1.29 is 0 Å². The van der Waals surface area contributed by atoms with Gasteiger partial charge in [0.2, 0.25) is 0 Å². The minimum absolute atomic E-state index is 0.0395. The van der Waals surface area contributed by atoms with Crippen LogP contribution in [-0.2, 0) is 0 Å². The summed E-state index contributed by atoms with van der Waals surface area (Å²) in [5, 5.41) is 8.28. The number of allylic oxidation sites excluding steroid dienone is 3. The normalized spacial score (nSPS) is 16.4. The smallest absolute Gasteiger partial charge is 0.0643 e. The predicted octanol–water partition coefficient (Wildman–Crippen LogP) is 5.60. The summed E-state index contributed by atoms with van der Waals surface area (Å²) in [5.41, 5.74) is 7.76. The average molecular weight is 349 g/mol. The Morgan fingerprint density at radius 2 is 2.00 bits per heavy atom. The molecule has 4 unspecified atom stereocenters. The van der Waals surface area contributed by atoms with Crippen molar-refractivity contribution >= 4 is 14.3 Å². The first-order valence-corrected chi connectivity index (χ1v) is 10.7. The van der Waals surface area contributed by atoms with E-state index in [0.717, 1.165) is 44.8 Å². The van der Waals surface area contributed by atoms with E-state index in [1.54, 1.807) is 0 Å². The quantitative estimate of drug-likeness (QED) is 0.147. The van der Waals surface area contributed by atoms with Crippen molar-refractivity contribution in [1.29, 1.82) is 5.41 Å². The number of nitrogens with one attached hydrogen (secondary N) is 1. The topological polar surface area (TPSA) is 49.9 Å². The average Bonchev–Trinajstić information content (AvgIpc) is 2.57. The van der Waals surface area contributed by atoms with Crippen LogP contribution in [0.2, 0.25) is 0 Å². The van der Waals surface area contributed by atoms with Gasteiger partial charge in [0, 0.05) is 5.71 Å². The van der Waals surface area contributed by atoms with Gasteiger partial charge in [-0.1, -0.05) is 72.5 Å². The molecule has 0 aliphatic rings. The first kappa shape index (κ1) is 23.1. The monoisotopic (exact) mass is 348 g/mol. The molecular formula is C21H37N2P. The van der Waals surface area contributed by atoms with Gasteiger partial charge in [0.25, 0.3) is 0 Å². The zero-order valence-electron chi connectivity index (χ0n) is 16.1. The van der Waals surface area contributed by atoms with Crippen LogP contribution in [0, 0.1) is 35.5 Å². The summed E-state index contributed by atoms with van der Waals surface area (Å²) < 4.78 is 0. The largest absolute Gasteiger partial charge is 0.330 e. The molecule has 0 saturated carbocycles. The minimum Gasteiger partial charge on any atom is -0.330 e. The van der Waals surface area contributed by atoms with Crippen LogP contribution in [0.4, 0.5) is 0 Å². The Hall–Kier alpha value is -0.900. The highest BCUT2D eigenvalue weighted by molar-refractivity contribution is 7.41. The molecule has 0 aromatic heterocycles. The van der Waals surface area contributed by atoms with E-state index < -0.39 is 0 Å². The Morgan fingerprint density at radius 1 is 1.29 bits per heavy atom. The second kappa shape index (κ2) is 14.4. The summed E-state index contributed by atoms with van der Waals surface area (Å²) in [4.78, 5) is 0. The Balaban J connectivity index is 4.53. The second-order valence-corrected chi connectivity index (χ2v) is 7.56. The molecule has 0 aromatic rings. The zero-order chi connectivity index (χ0) is 18.4. The van der Waals surface area contributed by atoms with E-state index in [0.29, 0.717) is 26.1 Å². The van der Waals surface area contributed by atoms with Crippen molar-refractivity contribution in [3.05, 3.63) is 23.5 Å². The fourth-order valence-corrected chi connectivity index (χ4v) is 3.91. The van der Waals surface area contributed by atoms with Crippen LogP contribution in [0.15, 0.2) is 23.5 Å². The minimum atomic E-state index is -0.0395. The standard InChI is InChI=1S/C21H37N2P/c1-6-10-19(8-3)20(9-4)21(23)13-16-24-15-12-18(7-2)17(5)11-14-22/h4,12-13,16-17,19-20,23-24H,6-8,10-11,14-15,22H2,1-3,5H3/b16-13?,18-12-,23-21?. The van der Waals surface area contributed by atoms with Crippen LogP contribution in [0.3, 0.4) is 0 Å². The third-order valence-corrected chi connectivity index (χ3v) is 5.52. The second-order valence-electron chi connectivity index (χ2n) is 6.41. The van der Waals surface area contributed by atoms with Crippen molar-refractivity contribution in [3.8, 4) is 12.3 Å². The van der Waals surface area contributed by atoms with Crippen LogP contribution < -0.4 is 5.73 Å². The molecule has 0 aliphatic carbocycles. The van der Waals surface area contributed by atoms with Crippen LogP contribution in [-0.4, -0.2) is 18.4 Å². The fourth-order valence-electron chi connectivity index (χ4n) is 3.10. The highest BCUT2D eigenvalue weighted by Crippen LogP contribution is 2.24. The van der Waals surface area contributed by atoms with E-state index >= 15 is 0 Å². The van der Waals surface area contributed by atoms with E-state index in [1.165, 1.54) is 5.57 Å². The molecule has 3 heteroatoms. The van der Waals surface area contributed by atoms with Crippen LogP contribution in [0.5, 0.6) is 0 Å². The van der Waals surface area contributed by atoms with Crippen LogP contribution in [0.1, 0.15) is 59.8 Å². The third kappa shape index (κ3) is 8.81.